The van der Waals surface area contributed by atoms with Crippen molar-refractivity contribution in [3.63, 3.8) is 0 Å². The second kappa shape index (κ2) is 9.58. The molecule has 1 N–H and O–H groups in total. The van der Waals surface area contributed by atoms with Gasteiger partial charge in [0.25, 0.3) is 10.0 Å². The Morgan fingerprint density at radius 2 is 1.78 bits per heavy atom. The van der Waals surface area contributed by atoms with E-state index in [-0.39, 0.29) is 16.6 Å². The lowest BCUT2D eigenvalue weighted by molar-refractivity contribution is -0.137. The van der Waals surface area contributed by atoms with Gasteiger partial charge in [0, 0.05) is 42.5 Å². The second-order valence-electron chi connectivity index (χ2n) is 8.47. The molecule has 5 rings (SSSR count). The molecule has 1 saturated heterocycles. The first-order chi connectivity index (χ1) is 17.2. The fourth-order valence-corrected chi connectivity index (χ4v) is 5.52. The maximum atomic E-state index is 13.5. The van der Waals surface area contributed by atoms with E-state index >= 15 is 0 Å². The highest BCUT2D eigenvalue weighted by Crippen LogP contribution is 2.44. The Labute approximate surface area is 206 Å². The van der Waals surface area contributed by atoms with Crippen LogP contribution in [0.4, 0.5) is 24.7 Å². The molecule has 2 aliphatic rings. The van der Waals surface area contributed by atoms with E-state index in [1.165, 1.54) is 36.5 Å². The number of morpholine rings is 1. The van der Waals surface area contributed by atoms with E-state index in [1.807, 2.05) is 4.90 Å². The molecule has 2 aliphatic heterocycles. The van der Waals surface area contributed by atoms with Crippen LogP contribution in [0.25, 0.3) is 0 Å². The number of benzene rings is 2. The van der Waals surface area contributed by atoms with Crippen LogP contribution in [0.15, 0.2) is 59.6 Å². The van der Waals surface area contributed by atoms with Gasteiger partial charge in [-0.1, -0.05) is 12.1 Å². The molecule has 0 aliphatic carbocycles. The van der Waals surface area contributed by atoms with Gasteiger partial charge in [-0.2, -0.15) is 18.3 Å². The topological polar surface area (TPSA) is 93.7 Å². The molecule has 0 bridgehead atoms. The van der Waals surface area contributed by atoms with E-state index in [2.05, 4.69) is 14.9 Å². The minimum atomic E-state index is -4.47. The Morgan fingerprint density at radius 1 is 1.00 bits per heavy atom. The molecular weight excluding hydrogens is 497 g/mol. The molecule has 0 saturated carbocycles. The molecule has 0 unspecified atom stereocenters. The van der Waals surface area contributed by atoms with Gasteiger partial charge in [0.05, 0.1) is 30.3 Å². The van der Waals surface area contributed by atoms with Crippen molar-refractivity contribution in [3.8, 4) is 5.75 Å². The molecule has 0 spiro atoms. The number of anilines is 2. The summed E-state index contributed by atoms with van der Waals surface area (Å²) in [6.07, 6.45) is -2.50. The molecule has 2 aromatic carbocycles. The molecule has 36 heavy (non-hydrogen) atoms. The Bertz CT molecular complexity index is 1350. The number of rotatable bonds is 5. The van der Waals surface area contributed by atoms with Crippen LogP contribution in [-0.4, -0.2) is 51.5 Å². The number of nitrogens with one attached hydrogen (secondary N) is 1. The Hall–Kier alpha value is -3.38. The average molecular weight is 521 g/mol. The van der Waals surface area contributed by atoms with E-state index in [0.29, 0.717) is 56.3 Å². The third-order valence-electron chi connectivity index (χ3n) is 6.23. The van der Waals surface area contributed by atoms with E-state index in [1.54, 1.807) is 12.1 Å². The first-order valence-corrected chi connectivity index (χ1v) is 12.8. The lowest BCUT2D eigenvalue weighted by Gasteiger charge is -2.34. The van der Waals surface area contributed by atoms with Crippen molar-refractivity contribution >= 4 is 21.5 Å². The first kappa shape index (κ1) is 24.3. The number of fused-ring (bicyclic) bond motifs is 1. The quantitative estimate of drug-likeness (QED) is 0.543. The summed E-state index contributed by atoms with van der Waals surface area (Å²) < 4.78 is 79.9. The monoisotopic (exact) mass is 520 g/mol. The zero-order chi connectivity index (χ0) is 25.3. The van der Waals surface area contributed by atoms with Crippen LogP contribution in [0.2, 0.25) is 0 Å². The number of ether oxygens (including phenoxy) is 2. The number of aromatic nitrogens is 2. The summed E-state index contributed by atoms with van der Waals surface area (Å²) in [5.74, 6) is 0.189. The zero-order valence-electron chi connectivity index (χ0n) is 19.0. The van der Waals surface area contributed by atoms with Crippen molar-refractivity contribution in [2.45, 2.75) is 23.4 Å². The summed E-state index contributed by atoms with van der Waals surface area (Å²) >= 11 is 0. The van der Waals surface area contributed by atoms with E-state index in [0.717, 1.165) is 11.6 Å². The number of hydrogen-bond donors (Lipinski definition) is 1. The number of halogens is 3. The molecule has 0 amide bonds. The molecule has 3 heterocycles. The maximum absolute atomic E-state index is 13.5. The van der Waals surface area contributed by atoms with Crippen LogP contribution in [0, 0.1) is 0 Å². The van der Waals surface area contributed by atoms with Gasteiger partial charge in [-0.25, -0.2) is 8.42 Å². The van der Waals surface area contributed by atoms with Crippen molar-refractivity contribution in [1.29, 1.82) is 0 Å². The van der Waals surface area contributed by atoms with Crippen LogP contribution in [-0.2, 0) is 20.9 Å². The van der Waals surface area contributed by atoms with Crippen LogP contribution in [0.5, 0.6) is 5.75 Å². The molecule has 8 nitrogen and oxygen atoms in total. The third kappa shape index (κ3) is 4.96. The average Bonchev–Trinajstić information content (AvgIpc) is 2.88. The highest BCUT2D eigenvalue weighted by atomic mass is 32.2. The van der Waals surface area contributed by atoms with Gasteiger partial charge in [0.15, 0.2) is 5.82 Å². The Kier molecular flexibility index (Phi) is 6.47. The summed E-state index contributed by atoms with van der Waals surface area (Å²) in [6.45, 7) is 2.12. The van der Waals surface area contributed by atoms with Gasteiger partial charge < -0.3 is 14.4 Å². The number of nitrogens with zero attached hydrogens (tertiary/aromatic N) is 3. The molecule has 190 valence electrons. The lowest BCUT2D eigenvalue weighted by atomic mass is 9.85. The first-order valence-electron chi connectivity index (χ1n) is 11.3. The van der Waals surface area contributed by atoms with Crippen molar-refractivity contribution < 1.29 is 31.1 Å². The molecule has 12 heteroatoms. The minimum absolute atomic E-state index is 0.0200. The van der Waals surface area contributed by atoms with E-state index in [9.17, 15) is 21.6 Å². The summed E-state index contributed by atoms with van der Waals surface area (Å²) in [6, 6.07) is 11.4. The highest BCUT2D eigenvalue weighted by molar-refractivity contribution is 7.92. The van der Waals surface area contributed by atoms with E-state index < -0.39 is 21.8 Å². The van der Waals surface area contributed by atoms with Gasteiger partial charge in [0.2, 0.25) is 0 Å². The maximum Gasteiger partial charge on any atom is 0.416 e. The molecular formula is C24H23F3N4O4S. The van der Waals surface area contributed by atoms with Gasteiger partial charge >= 0.3 is 6.18 Å². The molecule has 0 radical (unpaired) electrons. The summed E-state index contributed by atoms with van der Waals surface area (Å²) in [5, 5.41) is 7.40. The lowest BCUT2D eigenvalue weighted by Crippen LogP contribution is -2.37. The fraction of sp³-hybridized carbons (Fsp3) is 0.333. The van der Waals surface area contributed by atoms with Crippen molar-refractivity contribution in [3.05, 3.63) is 71.4 Å². The van der Waals surface area contributed by atoms with Crippen LogP contribution >= 0.6 is 0 Å². The number of hydrogen-bond acceptors (Lipinski definition) is 7. The summed E-state index contributed by atoms with van der Waals surface area (Å²) in [7, 11) is -3.96. The predicted octanol–water partition coefficient (Wildman–Crippen LogP) is 4.05. The van der Waals surface area contributed by atoms with Gasteiger partial charge in [-0.15, -0.1) is 5.10 Å². The largest absolute Gasteiger partial charge is 0.493 e. The smallest absolute Gasteiger partial charge is 0.416 e. The zero-order valence-corrected chi connectivity index (χ0v) is 19.8. The predicted molar refractivity (Wildman–Crippen MR) is 126 cm³/mol. The van der Waals surface area contributed by atoms with Crippen LogP contribution < -0.4 is 14.4 Å². The second-order valence-corrected chi connectivity index (χ2v) is 10.2. The Balaban J connectivity index is 1.51. The standard InChI is InChI=1S/C24H23F3N4O4S/c25-24(26,27)16-3-5-19(21(14-16)31-9-12-34-13-10-31)18-7-11-35-22-15-17(4-6-20(18)22)36(32,33)30-23-2-1-8-28-29-23/h1-6,8,14-15,18H,7,9-13H2,(H,29,30)/t18-/m1/s1. The normalized spacial score (nSPS) is 18.3. The van der Waals surface area contributed by atoms with Crippen molar-refractivity contribution in [2.24, 2.45) is 0 Å². The van der Waals surface area contributed by atoms with Gasteiger partial charge in [-0.3, -0.25) is 4.72 Å². The van der Waals surface area contributed by atoms with Crippen molar-refractivity contribution in [1.82, 2.24) is 10.2 Å². The van der Waals surface area contributed by atoms with Gasteiger partial charge in [-0.05, 0) is 42.3 Å². The molecule has 1 fully saturated rings. The van der Waals surface area contributed by atoms with Crippen LogP contribution in [0.3, 0.4) is 0 Å². The number of sulfonamides is 1. The number of alkyl halides is 3. The third-order valence-corrected chi connectivity index (χ3v) is 7.58. The molecule has 3 aromatic rings. The summed E-state index contributed by atoms with van der Waals surface area (Å²) in [5.41, 5.74) is 1.25. The minimum Gasteiger partial charge on any atom is -0.493 e. The van der Waals surface area contributed by atoms with Crippen LogP contribution in [0.1, 0.15) is 29.0 Å². The Morgan fingerprint density at radius 3 is 2.50 bits per heavy atom. The van der Waals surface area contributed by atoms with E-state index in [4.69, 9.17) is 9.47 Å². The SMILES string of the molecule is O=S(=O)(Nc1cccnn1)c1ccc2c(c1)OCC[C@@H]2c1ccc(C(F)(F)F)cc1N1CCOCC1. The highest BCUT2D eigenvalue weighted by Gasteiger charge is 2.34. The molecule has 1 aromatic heterocycles. The van der Waals surface area contributed by atoms with Crippen molar-refractivity contribution in [2.75, 3.05) is 42.5 Å². The molecule has 1 atom stereocenters. The fourth-order valence-electron chi connectivity index (χ4n) is 4.51. The summed E-state index contributed by atoms with van der Waals surface area (Å²) in [4.78, 5) is 1.89. The van der Waals surface area contributed by atoms with Gasteiger partial charge in [0.1, 0.15) is 5.75 Å².